The molecular weight excluding hydrogens is 1030 g/mol. The third-order valence-electron chi connectivity index (χ3n) is 14.1. The summed E-state index contributed by atoms with van der Waals surface area (Å²) in [4.78, 5) is 0. The lowest BCUT2D eigenvalue weighted by atomic mass is 9.94. The van der Waals surface area contributed by atoms with Gasteiger partial charge in [0.05, 0.1) is 49.0 Å². The highest BCUT2D eigenvalue weighted by Crippen LogP contribution is 2.66. The lowest BCUT2D eigenvalue weighted by molar-refractivity contribution is 0.350. The molecular formula is C54H35N3O21. The van der Waals surface area contributed by atoms with Crippen molar-refractivity contribution < 1.29 is 107 Å². The molecule has 0 unspecified atom stereocenters. The molecule has 3 aromatic heterocycles. The van der Waals surface area contributed by atoms with Crippen molar-refractivity contribution >= 4 is 65.4 Å². The van der Waals surface area contributed by atoms with Gasteiger partial charge in [0.2, 0.25) is 40.2 Å². The Morgan fingerprint density at radius 2 is 0.462 bits per heavy atom. The minimum Gasteiger partial charge on any atom is -0.506 e. The number of phenolic OH excluding ortho intramolecular Hbond substituents is 21. The van der Waals surface area contributed by atoms with Crippen molar-refractivity contribution in [1.82, 2.24) is 13.7 Å². The lowest BCUT2D eigenvalue weighted by Gasteiger charge is -2.19. The fourth-order valence-electron chi connectivity index (χ4n) is 10.6. The van der Waals surface area contributed by atoms with Crippen LogP contribution >= 0.6 is 0 Å². The van der Waals surface area contributed by atoms with Crippen LogP contribution in [0.1, 0.15) is 0 Å². The van der Waals surface area contributed by atoms with E-state index in [1.54, 1.807) is 48.5 Å². The molecule has 0 aliphatic carbocycles. The van der Waals surface area contributed by atoms with Gasteiger partial charge in [0.15, 0.2) is 69.0 Å². The Labute approximate surface area is 430 Å². The average Bonchev–Trinajstić information content (AvgIpc) is 3.68. The highest BCUT2D eigenvalue weighted by atomic mass is 16.4. The van der Waals surface area contributed by atoms with Crippen LogP contribution in [-0.4, -0.2) is 121 Å². The summed E-state index contributed by atoms with van der Waals surface area (Å²) in [5.41, 5.74) is -7.24. The molecule has 24 heteroatoms. The van der Waals surface area contributed by atoms with Crippen LogP contribution in [0.5, 0.6) is 121 Å². The summed E-state index contributed by atoms with van der Waals surface area (Å²) in [7, 11) is 0. The summed E-state index contributed by atoms with van der Waals surface area (Å²) < 4.78 is 2.28. The summed E-state index contributed by atoms with van der Waals surface area (Å²) in [6, 6.07) is 21.9. The minimum atomic E-state index is -1.61. The van der Waals surface area contributed by atoms with Gasteiger partial charge in [-0.3, -0.25) is 4.57 Å². The maximum atomic E-state index is 12.6. The molecule has 12 rings (SSSR count). The van der Waals surface area contributed by atoms with E-state index in [9.17, 15) is 107 Å². The quantitative estimate of drug-likeness (QED) is 0.0571. The first-order valence-corrected chi connectivity index (χ1v) is 22.6. The van der Waals surface area contributed by atoms with Gasteiger partial charge >= 0.3 is 0 Å². The second kappa shape index (κ2) is 15.6. The zero-order valence-electron chi connectivity index (χ0n) is 38.8. The van der Waals surface area contributed by atoms with Gasteiger partial charge in [-0.2, -0.15) is 0 Å². The van der Waals surface area contributed by atoms with Crippen LogP contribution in [0, 0.1) is 0 Å². The van der Waals surface area contributed by atoms with E-state index in [4.69, 9.17) is 0 Å². The number of hydrogen-bond donors (Lipinski definition) is 21. The molecule has 0 saturated carbocycles. The van der Waals surface area contributed by atoms with Crippen LogP contribution in [0.2, 0.25) is 0 Å². The van der Waals surface area contributed by atoms with Crippen molar-refractivity contribution in [3.8, 4) is 160 Å². The molecule has 9 aromatic carbocycles. The first-order valence-electron chi connectivity index (χ1n) is 22.6. The molecule has 0 fully saturated rings. The molecule has 0 bridgehead atoms. The van der Waals surface area contributed by atoms with E-state index in [1.165, 1.54) is 36.4 Å². The van der Waals surface area contributed by atoms with E-state index in [0.717, 1.165) is 9.13 Å². The summed E-state index contributed by atoms with van der Waals surface area (Å²) in [5.74, 6) is -29.2. The van der Waals surface area contributed by atoms with Gasteiger partial charge in [0, 0.05) is 11.4 Å². The SMILES string of the molecule is Oc1c(O)c(O)c2c(c1O)c1c(O)c(-c3c(O)c(O)c4c(c3O)c3c(O)c(O)c(O)c(O)c3n4-c3c(O)c(O)c(O)c4c5c(O)c(O)c(O)c(O)c5n(-c5ccc(-c6ccccc6)cc5)c34)c(O)c(O)c1n2-c1ccccc1. The molecule has 0 atom stereocenters. The van der Waals surface area contributed by atoms with Gasteiger partial charge in [-0.15, -0.1) is 0 Å². The van der Waals surface area contributed by atoms with Crippen LogP contribution in [0.15, 0.2) is 84.9 Å². The number of para-hydroxylation sites is 1. The van der Waals surface area contributed by atoms with Crippen molar-refractivity contribution in [1.29, 1.82) is 0 Å². The number of fused-ring (bicyclic) bond motifs is 9. The molecule has 24 nitrogen and oxygen atoms in total. The standard InChI is InChI=1S/C54H35N3O21/c58-34-20-23-30(45(69)53(77)50(74)38(23)62)56(17-9-5-2-6-10-17)28(20)42(66)40(64)25(34)26-35(59)21-24-32(46(70)54(78)51(75)39(24)63)57(31(21)43(67)41(26)65)33-27-19(36(60)48(72)47(33)71)22-29(44(68)52(76)49(73)37(22)61)55(27)18-13-11-16(12-14-18)15-7-3-1-4-8-15/h1-14,58-78H. The third-order valence-corrected chi connectivity index (χ3v) is 14.1. The monoisotopic (exact) mass is 1060 g/mol. The van der Waals surface area contributed by atoms with E-state index in [1.807, 2.05) is 0 Å². The Morgan fingerprint density at radius 1 is 0.192 bits per heavy atom. The number of benzene rings is 9. The number of rotatable bonds is 5. The van der Waals surface area contributed by atoms with Crippen LogP contribution in [-0.2, 0) is 0 Å². The molecule has 0 aliphatic rings. The van der Waals surface area contributed by atoms with Gasteiger partial charge in [0.1, 0.15) is 44.8 Å². The van der Waals surface area contributed by atoms with Crippen LogP contribution in [0.3, 0.4) is 0 Å². The minimum absolute atomic E-state index is 0.0231. The fraction of sp³-hybridized carbons (Fsp3) is 0. The van der Waals surface area contributed by atoms with Gasteiger partial charge in [0.25, 0.3) is 0 Å². The zero-order valence-corrected chi connectivity index (χ0v) is 38.8. The molecule has 21 N–H and O–H groups in total. The second-order valence-electron chi connectivity index (χ2n) is 18.0. The number of aromatic nitrogens is 3. The van der Waals surface area contributed by atoms with Crippen LogP contribution in [0.4, 0.5) is 0 Å². The summed E-state index contributed by atoms with van der Waals surface area (Å²) in [5, 5.41) is 239. The third kappa shape index (κ3) is 5.58. The highest BCUT2D eigenvalue weighted by molar-refractivity contribution is 6.27. The second-order valence-corrected chi connectivity index (χ2v) is 18.0. The Bertz CT molecular complexity index is 4720. The first kappa shape index (κ1) is 47.2. The molecule has 0 amide bonds. The van der Waals surface area contributed by atoms with Crippen LogP contribution < -0.4 is 0 Å². The topological polar surface area (TPSA) is 440 Å². The van der Waals surface area contributed by atoms with Crippen molar-refractivity contribution in [2.45, 2.75) is 0 Å². The summed E-state index contributed by atoms with van der Waals surface area (Å²) >= 11 is 0. The van der Waals surface area contributed by atoms with Crippen LogP contribution in [0.25, 0.3) is 105 Å². The lowest BCUT2D eigenvalue weighted by Crippen LogP contribution is -2.02. The van der Waals surface area contributed by atoms with E-state index >= 15 is 0 Å². The van der Waals surface area contributed by atoms with Gasteiger partial charge in [-0.1, -0.05) is 60.7 Å². The molecule has 0 saturated heterocycles. The average molecular weight is 1060 g/mol. The van der Waals surface area contributed by atoms with Crippen molar-refractivity contribution in [3.63, 3.8) is 0 Å². The van der Waals surface area contributed by atoms with E-state index in [2.05, 4.69) is 0 Å². The van der Waals surface area contributed by atoms with E-state index < -0.39 is 203 Å². The van der Waals surface area contributed by atoms with Crippen molar-refractivity contribution in [3.05, 3.63) is 84.9 Å². The largest absolute Gasteiger partial charge is 0.506 e. The molecule has 0 aliphatic heterocycles. The number of aromatic hydroxyl groups is 21. The predicted octanol–water partition coefficient (Wildman–Crippen LogP) is 8.13. The first-order chi connectivity index (χ1) is 37.1. The number of phenols is 21. The molecule has 392 valence electrons. The molecule has 0 spiro atoms. The highest BCUT2D eigenvalue weighted by Gasteiger charge is 2.40. The smallest absolute Gasteiger partial charge is 0.206 e. The van der Waals surface area contributed by atoms with Gasteiger partial charge < -0.3 is 116 Å². The Balaban J connectivity index is 1.29. The molecule has 0 radical (unpaired) electrons. The maximum absolute atomic E-state index is 12.6. The molecule has 12 aromatic rings. The summed E-state index contributed by atoms with van der Waals surface area (Å²) in [6.45, 7) is 0. The van der Waals surface area contributed by atoms with E-state index in [0.29, 0.717) is 15.7 Å². The fourth-order valence-corrected chi connectivity index (χ4v) is 10.6. The molecule has 78 heavy (non-hydrogen) atoms. The molecule has 3 heterocycles. The van der Waals surface area contributed by atoms with Crippen molar-refractivity contribution in [2.24, 2.45) is 0 Å². The normalized spacial score (nSPS) is 11.9. The summed E-state index contributed by atoms with van der Waals surface area (Å²) in [6.07, 6.45) is 0. The number of nitrogens with zero attached hydrogens (tertiary/aromatic N) is 3. The Morgan fingerprint density at radius 3 is 0.859 bits per heavy atom. The number of hydrogen-bond acceptors (Lipinski definition) is 21. The predicted molar refractivity (Wildman–Crippen MR) is 275 cm³/mol. The van der Waals surface area contributed by atoms with Gasteiger partial charge in [-0.05, 0) is 35.4 Å². The van der Waals surface area contributed by atoms with Gasteiger partial charge in [-0.25, -0.2) is 0 Å². The maximum Gasteiger partial charge on any atom is 0.206 e. The Hall–Kier alpha value is -11.8. The Kier molecular flexibility index (Phi) is 9.44. The zero-order chi connectivity index (χ0) is 55.7. The van der Waals surface area contributed by atoms with Crippen molar-refractivity contribution in [2.75, 3.05) is 0 Å². The van der Waals surface area contributed by atoms with E-state index in [-0.39, 0.29) is 11.4 Å².